The van der Waals surface area contributed by atoms with Crippen LogP contribution in [0.5, 0.6) is 0 Å². The Morgan fingerprint density at radius 2 is 2.32 bits per heavy atom. The Kier molecular flexibility index (Phi) is 3.86. The number of aryl methyl sites for hydroxylation is 1. The standard InChI is InChI=1S/C12H17N5S2/c1-2-11-14-8(6-18-11)7-19-12-16-15-10(5-13)17(12)9-3-4-9/h6,9H,2-5,7,13H2,1H3. The van der Waals surface area contributed by atoms with Crippen LogP contribution < -0.4 is 5.73 Å². The van der Waals surface area contributed by atoms with Gasteiger partial charge in [-0.3, -0.25) is 0 Å². The zero-order valence-corrected chi connectivity index (χ0v) is 12.5. The van der Waals surface area contributed by atoms with Crippen molar-refractivity contribution < 1.29 is 0 Å². The van der Waals surface area contributed by atoms with E-state index in [4.69, 9.17) is 5.73 Å². The van der Waals surface area contributed by atoms with E-state index in [1.807, 2.05) is 0 Å². The fraction of sp³-hybridized carbons (Fsp3) is 0.583. The molecule has 2 N–H and O–H groups in total. The Bertz CT molecular complexity index is 558. The number of aromatic nitrogens is 4. The van der Waals surface area contributed by atoms with E-state index in [0.29, 0.717) is 12.6 Å². The lowest BCUT2D eigenvalue weighted by atomic mass is 10.5. The molecule has 2 aromatic rings. The van der Waals surface area contributed by atoms with Crippen LogP contribution in [-0.4, -0.2) is 19.7 Å². The number of thiazole rings is 1. The smallest absolute Gasteiger partial charge is 0.191 e. The van der Waals surface area contributed by atoms with E-state index >= 15 is 0 Å². The molecular weight excluding hydrogens is 278 g/mol. The summed E-state index contributed by atoms with van der Waals surface area (Å²) in [5.41, 5.74) is 6.85. The Hall–Kier alpha value is -0.920. The largest absolute Gasteiger partial charge is 0.324 e. The first-order chi connectivity index (χ1) is 9.31. The van der Waals surface area contributed by atoms with E-state index in [0.717, 1.165) is 28.8 Å². The van der Waals surface area contributed by atoms with Gasteiger partial charge in [0.15, 0.2) is 5.16 Å². The van der Waals surface area contributed by atoms with Gasteiger partial charge in [-0.1, -0.05) is 18.7 Å². The monoisotopic (exact) mass is 295 g/mol. The minimum absolute atomic E-state index is 0.459. The van der Waals surface area contributed by atoms with Crippen molar-refractivity contribution in [3.63, 3.8) is 0 Å². The Morgan fingerprint density at radius 3 is 2.95 bits per heavy atom. The first-order valence-corrected chi connectivity index (χ1v) is 8.38. The third-order valence-corrected chi connectivity index (χ3v) is 5.10. The highest BCUT2D eigenvalue weighted by atomic mass is 32.2. The van der Waals surface area contributed by atoms with Crippen LogP contribution in [0.3, 0.4) is 0 Å². The van der Waals surface area contributed by atoms with Gasteiger partial charge in [-0.15, -0.1) is 21.5 Å². The first-order valence-electron chi connectivity index (χ1n) is 6.51. The van der Waals surface area contributed by atoms with Gasteiger partial charge >= 0.3 is 0 Å². The molecule has 19 heavy (non-hydrogen) atoms. The molecule has 1 saturated carbocycles. The van der Waals surface area contributed by atoms with Crippen molar-refractivity contribution >= 4 is 23.1 Å². The predicted octanol–water partition coefficient (Wildman–Crippen LogP) is 2.38. The fourth-order valence-electron chi connectivity index (χ4n) is 1.96. The molecule has 3 rings (SSSR count). The molecule has 7 heteroatoms. The summed E-state index contributed by atoms with van der Waals surface area (Å²) in [7, 11) is 0. The third kappa shape index (κ3) is 2.82. The number of rotatable bonds is 6. The minimum atomic E-state index is 0.459. The van der Waals surface area contributed by atoms with Crippen LogP contribution >= 0.6 is 23.1 Å². The maximum atomic E-state index is 5.71. The van der Waals surface area contributed by atoms with E-state index in [1.165, 1.54) is 17.8 Å². The van der Waals surface area contributed by atoms with Crippen molar-refractivity contribution in [3.05, 3.63) is 21.9 Å². The van der Waals surface area contributed by atoms with Crippen molar-refractivity contribution in [2.45, 2.75) is 49.7 Å². The third-order valence-electron chi connectivity index (χ3n) is 3.08. The van der Waals surface area contributed by atoms with Crippen molar-refractivity contribution in [1.29, 1.82) is 0 Å². The number of nitrogens with zero attached hydrogens (tertiary/aromatic N) is 4. The lowest BCUT2D eigenvalue weighted by molar-refractivity contribution is 0.626. The number of hydrogen-bond acceptors (Lipinski definition) is 6. The molecule has 0 spiro atoms. The van der Waals surface area contributed by atoms with E-state index in [1.54, 1.807) is 23.1 Å². The van der Waals surface area contributed by atoms with Gasteiger partial charge in [-0.25, -0.2) is 4.98 Å². The predicted molar refractivity (Wildman–Crippen MR) is 77.2 cm³/mol. The maximum Gasteiger partial charge on any atom is 0.191 e. The van der Waals surface area contributed by atoms with Crippen LogP contribution in [0.25, 0.3) is 0 Å². The number of hydrogen-bond donors (Lipinski definition) is 1. The summed E-state index contributed by atoms with van der Waals surface area (Å²) in [5, 5.41) is 12.7. The van der Waals surface area contributed by atoms with E-state index in [2.05, 4.69) is 32.1 Å². The van der Waals surface area contributed by atoms with Gasteiger partial charge < -0.3 is 10.3 Å². The normalized spacial score (nSPS) is 15.1. The Labute approximate surface area is 120 Å². The van der Waals surface area contributed by atoms with Crippen LogP contribution in [0.2, 0.25) is 0 Å². The SMILES string of the molecule is CCc1nc(CSc2nnc(CN)n2C2CC2)cs1. The van der Waals surface area contributed by atoms with Crippen molar-refractivity contribution in [2.24, 2.45) is 5.73 Å². The molecule has 2 heterocycles. The molecule has 0 bridgehead atoms. The van der Waals surface area contributed by atoms with Gasteiger partial charge in [-0.2, -0.15) is 0 Å². The lowest BCUT2D eigenvalue weighted by Crippen LogP contribution is -2.08. The van der Waals surface area contributed by atoms with Crippen molar-refractivity contribution in [2.75, 3.05) is 0 Å². The molecule has 1 fully saturated rings. The summed E-state index contributed by atoms with van der Waals surface area (Å²) in [6.07, 6.45) is 3.44. The summed E-state index contributed by atoms with van der Waals surface area (Å²) in [6.45, 7) is 2.59. The zero-order chi connectivity index (χ0) is 13.2. The number of nitrogens with two attached hydrogens (primary N) is 1. The molecule has 0 amide bonds. The van der Waals surface area contributed by atoms with E-state index < -0.39 is 0 Å². The van der Waals surface area contributed by atoms with Crippen LogP contribution in [0.4, 0.5) is 0 Å². The van der Waals surface area contributed by atoms with Crippen molar-refractivity contribution in [1.82, 2.24) is 19.7 Å². The van der Waals surface area contributed by atoms with Gasteiger partial charge in [0.05, 0.1) is 17.2 Å². The summed E-state index contributed by atoms with van der Waals surface area (Å²) >= 11 is 3.44. The average Bonchev–Trinajstić information content (AvgIpc) is 3.03. The lowest BCUT2D eigenvalue weighted by Gasteiger charge is -2.06. The van der Waals surface area contributed by atoms with Gasteiger partial charge in [0, 0.05) is 17.2 Å². The number of thioether (sulfide) groups is 1. The first kappa shape index (κ1) is 13.1. The molecule has 0 atom stereocenters. The highest BCUT2D eigenvalue weighted by Gasteiger charge is 2.29. The second-order valence-corrected chi connectivity index (χ2v) is 6.46. The summed E-state index contributed by atoms with van der Waals surface area (Å²) in [5.74, 6) is 1.75. The molecule has 0 saturated heterocycles. The molecule has 102 valence electrons. The van der Waals surface area contributed by atoms with Crippen LogP contribution in [-0.2, 0) is 18.7 Å². The van der Waals surface area contributed by atoms with Gasteiger partial charge in [0.2, 0.25) is 0 Å². The highest BCUT2D eigenvalue weighted by Crippen LogP contribution is 2.39. The molecule has 2 aromatic heterocycles. The molecule has 5 nitrogen and oxygen atoms in total. The second-order valence-electron chi connectivity index (χ2n) is 4.58. The van der Waals surface area contributed by atoms with Gasteiger partial charge in [0.25, 0.3) is 0 Å². The Balaban J connectivity index is 1.71. The zero-order valence-electron chi connectivity index (χ0n) is 10.9. The molecule has 0 radical (unpaired) electrons. The highest BCUT2D eigenvalue weighted by molar-refractivity contribution is 7.98. The van der Waals surface area contributed by atoms with Crippen LogP contribution in [0.15, 0.2) is 10.5 Å². The summed E-state index contributed by atoms with van der Waals surface area (Å²) < 4.78 is 2.21. The molecular formula is C12H17N5S2. The molecule has 1 aliphatic carbocycles. The van der Waals surface area contributed by atoms with E-state index in [-0.39, 0.29) is 0 Å². The second kappa shape index (κ2) is 5.60. The summed E-state index contributed by atoms with van der Waals surface area (Å²) in [6, 6.07) is 0.567. The van der Waals surface area contributed by atoms with Gasteiger partial charge in [0.1, 0.15) is 5.82 Å². The Morgan fingerprint density at radius 1 is 1.47 bits per heavy atom. The molecule has 0 unspecified atom stereocenters. The molecule has 0 aromatic carbocycles. The summed E-state index contributed by atoms with van der Waals surface area (Å²) in [4.78, 5) is 4.58. The quantitative estimate of drug-likeness (QED) is 0.829. The topological polar surface area (TPSA) is 69.6 Å². The average molecular weight is 295 g/mol. The molecule has 0 aliphatic heterocycles. The van der Waals surface area contributed by atoms with Crippen LogP contribution in [0.1, 0.15) is 42.3 Å². The fourth-order valence-corrected chi connectivity index (χ4v) is 3.73. The van der Waals surface area contributed by atoms with Crippen LogP contribution in [0, 0.1) is 0 Å². The van der Waals surface area contributed by atoms with E-state index in [9.17, 15) is 0 Å². The maximum absolute atomic E-state index is 5.71. The molecule has 1 aliphatic rings. The minimum Gasteiger partial charge on any atom is -0.324 e. The van der Waals surface area contributed by atoms with Gasteiger partial charge in [-0.05, 0) is 19.3 Å². The van der Waals surface area contributed by atoms with Crippen molar-refractivity contribution in [3.8, 4) is 0 Å².